The lowest BCUT2D eigenvalue weighted by atomic mass is 9.88. The van der Waals surface area contributed by atoms with Crippen LogP contribution in [0.3, 0.4) is 0 Å². The van der Waals surface area contributed by atoms with Crippen molar-refractivity contribution in [1.29, 1.82) is 0 Å². The molecule has 1 spiro atoms. The van der Waals surface area contributed by atoms with E-state index in [1.807, 2.05) is 0 Å². The molecule has 9 nitrogen and oxygen atoms in total. The number of non-ortho nitro benzene ring substituents is 1. The lowest BCUT2D eigenvalue weighted by Crippen LogP contribution is -2.70. The number of rotatable bonds is 3. The van der Waals surface area contributed by atoms with E-state index in [2.05, 4.69) is 10.6 Å². The van der Waals surface area contributed by atoms with Gasteiger partial charge in [-0.25, -0.2) is 8.42 Å². The number of sulfonamides is 1. The second-order valence-corrected chi connectivity index (χ2v) is 7.55. The zero-order valence-electron chi connectivity index (χ0n) is 12.2. The molecule has 1 aromatic rings. The van der Waals surface area contributed by atoms with E-state index in [-0.39, 0.29) is 36.0 Å². The molecule has 2 saturated heterocycles. The zero-order valence-corrected chi connectivity index (χ0v) is 13.0. The lowest BCUT2D eigenvalue weighted by Gasteiger charge is -2.48. The molecule has 23 heavy (non-hydrogen) atoms. The molecule has 2 fully saturated rings. The first-order chi connectivity index (χ1) is 10.8. The number of nitrogens with zero attached hydrogens (tertiary/aromatic N) is 2. The van der Waals surface area contributed by atoms with Crippen molar-refractivity contribution >= 4 is 21.6 Å². The minimum atomic E-state index is -3.84. The summed E-state index contributed by atoms with van der Waals surface area (Å²) in [6, 6.07) is 4.79. The number of carbonyl (C=O) groups excluding carboxylic acids is 1. The van der Waals surface area contributed by atoms with Gasteiger partial charge in [0.05, 0.1) is 15.4 Å². The van der Waals surface area contributed by atoms with Crippen molar-refractivity contribution in [2.75, 3.05) is 26.2 Å². The quantitative estimate of drug-likeness (QED) is 0.562. The zero-order chi connectivity index (χ0) is 16.7. The Hall–Kier alpha value is -2.04. The van der Waals surface area contributed by atoms with Gasteiger partial charge in [0.15, 0.2) is 0 Å². The van der Waals surface area contributed by atoms with E-state index in [0.29, 0.717) is 13.1 Å². The SMILES string of the molecule is O=C1CC2(CNC2)N(S(=O)(=O)c2ccc([N+](=O)[O-])cc2)CCN1. The molecule has 2 N–H and O–H groups in total. The maximum Gasteiger partial charge on any atom is 0.269 e. The Kier molecular flexibility index (Phi) is 3.82. The van der Waals surface area contributed by atoms with Crippen LogP contribution < -0.4 is 10.6 Å². The summed E-state index contributed by atoms with van der Waals surface area (Å²) in [6.45, 7) is 1.23. The molecule has 2 heterocycles. The highest BCUT2D eigenvalue weighted by Crippen LogP contribution is 2.32. The summed E-state index contributed by atoms with van der Waals surface area (Å²) in [5.41, 5.74) is -0.932. The maximum absolute atomic E-state index is 12.9. The van der Waals surface area contributed by atoms with Gasteiger partial charge in [-0.15, -0.1) is 0 Å². The Morgan fingerprint density at radius 3 is 2.39 bits per heavy atom. The second-order valence-electron chi connectivity index (χ2n) is 5.68. The monoisotopic (exact) mass is 340 g/mol. The lowest BCUT2D eigenvalue weighted by molar-refractivity contribution is -0.384. The van der Waals surface area contributed by atoms with E-state index in [1.54, 1.807) is 0 Å². The van der Waals surface area contributed by atoms with Crippen molar-refractivity contribution in [3.63, 3.8) is 0 Å². The first-order valence-corrected chi connectivity index (χ1v) is 8.54. The third-order valence-electron chi connectivity index (χ3n) is 4.20. The van der Waals surface area contributed by atoms with Crippen LogP contribution in [-0.2, 0) is 14.8 Å². The topological polar surface area (TPSA) is 122 Å². The normalized spacial score (nSPS) is 21.3. The van der Waals surface area contributed by atoms with Crippen LogP contribution in [0.4, 0.5) is 5.69 Å². The Morgan fingerprint density at radius 2 is 1.87 bits per heavy atom. The molecule has 1 aromatic carbocycles. The van der Waals surface area contributed by atoms with Crippen molar-refractivity contribution in [2.24, 2.45) is 0 Å². The standard InChI is InChI=1S/C13H16N4O5S/c18-12-7-13(8-14-9-13)16(6-5-15-12)23(21,22)11-3-1-10(2-4-11)17(19)20/h1-4,14H,5-9H2,(H,15,18). The average Bonchev–Trinajstić information content (AvgIpc) is 2.66. The summed E-state index contributed by atoms with van der Waals surface area (Å²) in [5.74, 6) is -0.173. The predicted octanol–water partition coefficient (Wildman–Crippen LogP) is -0.553. The van der Waals surface area contributed by atoms with E-state index in [1.165, 1.54) is 28.6 Å². The molecule has 0 radical (unpaired) electrons. The van der Waals surface area contributed by atoms with Gasteiger partial charge in [-0.2, -0.15) is 4.31 Å². The summed E-state index contributed by atoms with van der Waals surface area (Å²) in [4.78, 5) is 21.9. The Balaban J connectivity index is 1.97. The smallest absolute Gasteiger partial charge is 0.269 e. The highest BCUT2D eigenvalue weighted by molar-refractivity contribution is 7.89. The summed E-state index contributed by atoms with van der Waals surface area (Å²) < 4.78 is 27.2. The number of carbonyl (C=O) groups is 1. The molecular formula is C13H16N4O5S. The molecule has 0 unspecified atom stereocenters. The molecule has 2 aliphatic heterocycles. The molecule has 3 rings (SSSR count). The number of nitro benzene ring substituents is 1. The number of hydrogen-bond acceptors (Lipinski definition) is 6. The maximum atomic E-state index is 12.9. The van der Waals surface area contributed by atoms with Crippen molar-refractivity contribution in [3.05, 3.63) is 34.4 Å². The first kappa shape index (κ1) is 15.8. The fourth-order valence-corrected chi connectivity index (χ4v) is 4.71. The van der Waals surface area contributed by atoms with E-state index in [0.717, 1.165) is 0 Å². The number of nitrogens with one attached hydrogen (secondary N) is 2. The van der Waals surface area contributed by atoms with Gasteiger partial charge in [0.1, 0.15) is 0 Å². The molecule has 0 bridgehead atoms. The van der Waals surface area contributed by atoms with Crippen LogP contribution in [0.25, 0.3) is 0 Å². The van der Waals surface area contributed by atoms with Crippen LogP contribution in [0.15, 0.2) is 29.2 Å². The minimum Gasteiger partial charge on any atom is -0.355 e. The van der Waals surface area contributed by atoms with Crippen LogP contribution in [0, 0.1) is 10.1 Å². The van der Waals surface area contributed by atoms with E-state index >= 15 is 0 Å². The van der Waals surface area contributed by atoms with Crippen molar-refractivity contribution in [2.45, 2.75) is 16.9 Å². The van der Waals surface area contributed by atoms with Crippen LogP contribution in [0.2, 0.25) is 0 Å². The van der Waals surface area contributed by atoms with Crippen LogP contribution >= 0.6 is 0 Å². The van der Waals surface area contributed by atoms with Gasteiger partial charge >= 0.3 is 0 Å². The van der Waals surface area contributed by atoms with Crippen molar-refractivity contribution < 1.29 is 18.1 Å². The fourth-order valence-electron chi connectivity index (χ4n) is 2.94. The highest BCUT2D eigenvalue weighted by atomic mass is 32.2. The van der Waals surface area contributed by atoms with Crippen molar-refractivity contribution in [3.8, 4) is 0 Å². The third kappa shape index (κ3) is 2.69. The molecule has 124 valence electrons. The molecule has 1 amide bonds. The highest BCUT2D eigenvalue weighted by Gasteiger charge is 2.50. The first-order valence-electron chi connectivity index (χ1n) is 7.10. The van der Waals surface area contributed by atoms with E-state index < -0.39 is 20.5 Å². The molecule has 2 aliphatic rings. The van der Waals surface area contributed by atoms with Gasteiger partial charge in [-0.3, -0.25) is 14.9 Å². The van der Waals surface area contributed by atoms with Crippen LogP contribution in [0.1, 0.15) is 6.42 Å². The van der Waals surface area contributed by atoms with Gasteiger partial charge < -0.3 is 10.6 Å². The number of amides is 1. The molecule has 0 aromatic heterocycles. The van der Waals surface area contributed by atoms with Gasteiger partial charge in [-0.05, 0) is 12.1 Å². The Labute approximate surface area is 132 Å². The molecular weight excluding hydrogens is 324 g/mol. The number of hydrogen-bond donors (Lipinski definition) is 2. The largest absolute Gasteiger partial charge is 0.355 e. The number of nitro groups is 1. The summed E-state index contributed by atoms with van der Waals surface area (Å²) in [6.07, 6.45) is 0.103. The van der Waals surface area contributed by atoms with Crippen LogP contribution in [-0.4, -0.2) is 55.3 Å². The third-order valence-corrected chi connectivity index (χ3v) is 6.22. The summed E-state index contributed by atoms with van der Waals surface area (Å²) in [7, 11) is -3.84. The van der Waals surface area contributed by atoms with E-state index in [4.69, 9.17) is 0 Å². The summed E-state index contributed by atoms with van der Waals surface area (Å²) in [5, 5.41) is 16.4. The number of benzene rings is 1. The average molecular weight is 340 g/mol. The molecule has 0 saturated carbocycles. The van der Waals surface area contributed by atoms with Gasteiger partial charge in [0.25, 0.3) is 5.69 Å². The van der Waals surface area contributed by atoms with Crippen LogP contribution in [0.5, 0.6) is 0 Å². The molecule has 0 atom stereocenters. The molecule has 10 heteroatoms. The Bertz CT molecular complexity index is 742. The fraction of sp³-hybridized carbons (Fsp3) is 0.462. The van der Waals surface area contributed by atoms with Gasteiger partial charge in [0.2, 0.25) is 15.9 Å². The van der Waals surface area contributed by atoms with E-state index in [9.17, 15) is 23.3 Å². The molecule has 0 aliphatic carbocycles. The van der Waals surface area contributed by atoms with Gasteiger partial charge in [0, 0.05) is 44.7 Å². The second kappa shape index (κ2) is 5.55. The summed E-state index contributed by atoms with van der Waals surface area (Å²) >= 11 is 0. The minimum absolute atomic E-state index is 0.0104. The Morgan fingerprint density at radius 1 is 1.22 bits per heavy atom. The van der Waals surface area contributed by atoms with Gasteiger partial charge in [-0.1, -0.05) is 0 Å². The van der Waals surface area contributed by atoms with Crippen molar-refractivity contribution in [1.82, 2.24) is 14.9 Å². The predicted molar refractivity (Wildman–Crippen MR) is 80.2 cm³/mol.